The Labute approximate surface area is 122 Å². The number of carbonyl (C=O) groups is 2. The van der Waals surface area contributed by atoms with Gasteiger partial charge in [0.15, 0.2) is 0 Å². The Balaban J connectivity index is 2.53. The largest absolute Gasteiger partial charge is 0.480 e. The molecule has 108 valence electrons. The topological polar surface area (TPSA) is 119 Å². The summed E-state index contributed by atoms with van der Waals surface area (Å²) < 4.78 is 5.01. The molecule has 0 saturated heterocycles. The van der Waals surface area contributed by atoms with Crippen molar-refractivity contribution in [3.63, 3.8) is 0 Å². The molecule has 0 fully saturated rings. The molecule has 0 aromatic heterocycles. The number of nitrogens with zero attached hydrogens (tertiary/aromatic N) is 1. The standard InChI is InChI=1S/C11H11BrN2O6/c12-8-2-1-7(5-9(8)14(18)19)11(17)13-3-4-20-6-10(15)16/h1-2,5H,3-4,6H2,(H,13,17)(H,15,16). The number of carboxylic acid groups (broad SMARTS) is 1. The summed E-state index contributed by atoms with van der Waals surface area (Å²) in [4.78, 5) is 32.0. The first-order chi connectivity index (χ1) is 9.41. The predicted molar refractivity (Wildman–Crippen MR) is 71.6 cm³/mol. The lowest BCUT2D eigenvalue weighted by Gasteiger charge is -2.05. The number of carboxylic acids is 1. The molecule has 1 aromatic carbocycles. The highest BCUT2D eigenvalue weighted by Gasteiger charge is 2.15. The normalized spacial score (nSPS) is 10.1. The third-order valence-corrected chi connectivity index (χ3v) is 2.83. The lowest BCUT2D eigenvalue weighted by atomic mass is 10.2. The molecule has 0 atom stereocenters. The molecular formula is C11H11BrN2O6. The molecule has 8 nitrogen and oxygen atoms in total. The van der Waals surface area contributed by atoms with Crippen molar-refractivity contribution in [1.82, 2.24) is 5.32 Å². The molecule has 1 rings (SSSR count). The van der Waals surface area contributed by atoms with Gasteiger partial charge < -0.3 is 15.2 Å². The molecule has 0 spiro atoms. The van der Waals surface area contributed by atoms with Crippen LogP contribution in [0.15, 0.2) is 22.7 Å². The number of aliphatic carboxylic acids is 1. The van der Waals surface area contributed by atoms with Gasteiger partial charge in [0.1, 0.15) is 6.61 Å². The average Bonchev–Trinajstić information content (AvgIpc) is 2.37. The van der Waals surface area contributed by atoms with E-state index >= 15 is 0 Å². The summed E-state index contributed by atoms with van der Waals surface area (Å²) >= 11 is 3.02. The van der Waals surface area contributed by atoms with Crippen LogP contribution in [0, 0.1) is 10.1 Å². The van der Waals surface area contributed by atoms with Crippen LogP contribution < -0.4 is 5.32 Å². The minimum Gasteiger partial charge on any atom is -0.480 e. The number of amides is 1. The molecule has 0 aliphatic carbocycles. The van der Waals surface area contributed by atoms with Gasteiger partial charge in [-0.05, 0) is 28.1 Å². The molecule has 0 radical (unpaired) electrons. The SMILES string of the molecule is O=C(O)COCCNC(=O)c1ccc(Br)c([N+](=O)[O-])c1. The maximum atomic E-state index is 11.7. The Morgan fingerprint density at radius 1 is 1.45 bits per heavy atom. The predicted octanol–water partition coefficient (Wildman–Crippen LogP) is 1.19. The monoisotopic (exact) mass is 346 g/mol. The highest BCUT2D eigenvalue weighted by atomic mass is 79.9. The van der Waals surface area contributed by atoms with E-state index in [9.17, 15) is 19.7 Å². The molecule has 20 heavy (non-hydrogen) atoms. The second-order valence-corrected chi connectivity index (χ2v) is 4.48. The van der Waals surface area contributed by atoms with Crippen LogP contribution in [0.3, 0.4) is 0 Å². The lowest BCUT2D eigenvalue weighted by Crippen LogP contribution is -2.28. The number of nitro groups is 1. The summed E-state index contributed by atoms with van der Waals surface area (Å²) in [5.74, 6) is -1.60. The number of nitrogens with one attached hydrogen (secondary N) is 1. The van der Waals surface area contributed by atoms with Gasteiger partial charge in [-0.25, -0.2) is 4.79 Å². The van der Waals surface area contributed by atoms with E-state index in [2.05, 4.69) is 21.2 Å². The van der Waals surface area contributed by atoms with E-state index in [1.165, 1.54) is 12.1 Å². The zero-order chi connectivity index (χ0) is 15.1. The van der Waals surface area contributed by atoms with Crippen molar-refractivity contribution in [2.75, 3.05) is 19.8 Å². The van der Waals surface area contributed by atoms with Crippen molar-refractivity contribution in [3.8, 4) is 0 Å². The van der Waals surface area contributed by atoms with Gasteiger partial charge in [0.05, 0.1) is 16.0 Å². The van der Waals surface area contributed by atoms with E-state index in [1.807, 2.05) is 0 Å². The number of halogens is 1. The van der Waals surface area contributed by atoms with Gasteiger partial charge in [0.2, 0.25) is 0 Å². The number of nitro benzene ring substituents is 1. The van der Waals surface area contributed by atoms with Gasteiger partial charge in [-0.1, -0.05) is 0 Å². The van der Waals surface area contributed by atoms with Crippen LogP contribution in [0.5, 0.6) is 0 Å². The third-order valence-electron chi connectivity index (χ3n) is 2.16. The summed E-state index contributed by atoms with van der Waals surface area (Å²) in [5, 5.41) is 21.5. The third kappa shape index (κ3) is 4.94. The summed E-state index contributed by atoms with van der Waals surface area (Å²) in [6.45, 7) is -0.299. The number of benzene rings is 1. The van der Waals surface area contributed by atoms with E-state index in [0.717, 1.165) is 6.07 Å². The van der Waals surface area contributed by atoms with Crippen molar-refractivity contribution >= 4 is 33.5 Å². The van der Waals surface area contributed by atoms with Gasteiger partial charge in [-0.2, -0.15) is 0 Å². The van der Waals surface area contributed by atoms with E-state index in [-0.39, 0.29) is 28.9 Å². The Kier molecular flexibility index (Phi) is 6.07. The molecule has 0 saturated carbocycles. The van der Waals surface area contributed by atoms with Crippen LogP contribution in [-0.2, 0) is 9.53 Å². The van der Waals surface area contributed by atoms with Crippen LogP contribution in [0.25, 0.3) is 0 Å². The Hall–Kier alpha value is -2.00. The molecular weight excluding hydrogens is 336 g/mol. The van der Waals surface area contributed by atoms with Crippen molar-refractivity contribution < 1.29 is 24.4 Å². The first kappa shape index (κ1) is 16.1. The molecule has 2 N–H and O–H groups in total. The fraction of sp³-hybridized carbons (Fsp3) is 0.273. The number of hydrogen-bond donors (Lipinski definition) is 2. The van der Waals surface area contributed by atoms with Crippen molar-refractivity contribution in [1.29, 1.82) is 0 Å². The van der Waals surface area contributed by atoms with E-state index in [4.69, 9.17) is 9.84 Å². The second-order valence-electron chi connectivity index (χ2n) is 3.63. The highest BCUT2D eigenvalue weighted by molar-refractivity contribution is 9.10. The molecule has 0 bridgehead atoms. The highest BCUT2D eigenvalue weighted by Crippen LogP contribution is 2.25. The maximum absolute atomic E-state index is 11.7. The maximum Gasteiger partial charge on any atom is 0.329 e. The van der Waals surface area contributed by atoms with Crippen LogP contribution >= 0.6 is 15.9 Å². The van der Waals surface area contributed by atoms with Gasteiger partial charge in [0, 0.05) is 18.2 Å². The minimum atomic E-state index is -1.10. The zero-order valence-electron chi connectivity index (χ0n) is 10.2. The first-order valence-corrected chi connectivity index (χ1v) is 6.23. The zero-order valence-corrected chi connectivity index (χ0v) is 11.8. The van der Waals surface area contributed by atoms with E-state index < -0.39 is 23.4 Å². The summed E-state index contributed by atoms with van der Waals surface area (Å²) in [7, 11) is 0. The molecule has 0 aliphatic rings. The molecule has 1 amide bonds. The fourth-order valence-electron chi connectivity index (χ4n) is 1.29. The van der Waals surface area contributed by atoms with E-state index in [0.29, 0.717) is 0 Å². The van der Waals surface area contributed by atoms with Crippen LogP contribution in [0.1, 0.15) is 10.4 Å². The Morgan fingerprint density at radius 3 is 2.75 bits per heavy atom. The van der Waals surface area contributed by atoms with Gasteiger partial charge in [-0.15, -0.1) is 0 Å². The number of carbonyl (C=O) groups excluding carboxylic acids is 1. The van der Waals surface area contributed by atoms with Crippen molar-refractivity contribution in [3.05, 3.63) is 38.3 Å². The Morgan fingerprint density at radius 2 is 2.15 bits per heavy atom. The molecule has 0 unspecified atom stereocenters. The first-order valence-electron chi connectivity index (χ1n) is 5.43. The van der Waals surface area contributed by atoms with E-state index in [1.54, 1.807) is 0 Å². The fourth-order valence-corrected chi connectivity index (χ4v) is 1.68. The molecule has 1 aromatic rings. The van der Waals surface area contributed by atoms with Crippen LogP contribution in [-0.4, -0.2) is 41.7 Å². The lowest BCUT2D eigenvalue weighted by molar-refractivity contribution is -0.385. The second kappa shape index (κ2) is 7.56. The van der Waals surface area contributed by atoms with Crippen LogP contribution in [0.2, 0.25) is 0 Å². The van der Waals surface area contributed by atoms with Crippen molar-refractivity contribution in [2.24, 2.45) is 0 Å². The number of ether oxygens (including phenoxy) is 1. The van der Waals surface area contributed by atoms with Crippen LogP contribution in [0.4, 0.5) is 5.69 Å². The smallest absolute Gasteiger partial charge is 0.329 e. The number of rotatable bonds is 7. The summed E-state index contributed by atoms with van der Waals surface area (Å²) in [6.07, 6.45) is 0. The van der Waals surface area contributed by atoms with Gasteiger partial charge in [-0.3, -0.25) is 14.9 Å². The minimum absolute atomic E-state index is 0.0384. The molecule has 9 heteroatoms. The summed E-state index contributed by atoms with van der Waals surface area (Å²) in [6, 6.07) is 4.00. The Bertz CT molecular complexity index is 534. The van der Waals surface area contributed by atoms with Gasteiger partial charge in [0.25, 0.3) is 11.6 Å². The quantitative estimate of drug-likeness (QED) is 0.434. The van der Waals surface area contributed by atoms with Crippen molar-refractivity contribution in [2.45, 2.75) is 0 Å². The van der Waals surface area contributed by atoms with Gasteiger partial charge >= 0.3 is 5.97 Å². The number of hydrogen-bond acceptors (Lipinski definition) is 5. The average molecular weight is 347 g/mol. The molecule has 0 aliphatic heterocycles. The molecule has 0 heterocycles. The summed E-state index contributed by atoms with van der Waals surface area (Å²) in [5.41, 5.74) is -0.0714.